The molecule has 0 radical (unpaired) electrons. The Hall–Kier alpha value is -3.43. The van der Waals surface area contributed by atoms with Crippen LogP contribution in [0.25, 0.3) is 0 Å². The third kappa shape index (κ3) is 5.98. The maximum atomic E-state index is 13.1. The topological polar surface area (TPSA) is 79.0 Å². The van der Waals surface area contributed by atoms with Gasteiger partial charge in [-0.1, -0.05) is 30.3 Å². The molecule has 7 nitrogen and oxygen atoms in total. The fourth-order valence-electron chi connectivity index (χ4n) is 4.06. The van der Waals surface area contributed by atoms with Crippen LogP contribution >= 0.6 is 0 Å². The van der Waals surface area contributed by atoms with E-state index in [-0.39, 0.29) is 23.2 Å². The molecule has 1 aliphatic heterocycles. The van der Waals surface area contributed by atoms with Crippen LogP contribution in [-0.2, 0) is 16.4 Å². The number of carbonyl (C=O) groups is 1. The van der Waals surface area contributed by atoms with Gasteiger partial charge in [0.2, 0.25) is 10.0 Å². The number of ether oxygens (including phenoxy) is 1. The second kappa shape index (κ2) is 10.9. The average Bonchev–Trinajstić information content (AvgIpc) is 2.89. The second-order valence-corrected chi connectivity index (χ2v) is 10.0. The first kappa shape index (κ1) is 24.7. The molecule has 0 atom stereocenters. The zero-order valence-corrected chi connectivity index (χ0v) is 20.3. The van der Waals surface area contributed by atoms with Gasteiger partial charge in [-0.25, -0.2) is 17.5 Å². The van der Waals surface area contributed by atoms with Crippen LogP contribution in [0.15, 0.2) is 77.7 Å². The molecule has 0 saturated carbocycles. The van der Waals surface area contributed by atoms with Gasteiger partial charge in [0, 0.05) is 38.3 Å². The van der Waals surface area contributed by atoms with E-state index in [0.29, 0.717) is 49.6 Å². The standard InChI is InChI=1S/C26H28FN3O4S/c1-34-25-12-11-23(35(32,33)28-14-13-20-7-9-22(27)10-8-20)19-24(25)29-15-17-30(18-16-29)26(31)21-5-3-2-4-6-21/h2-12,19,28H,13-18H2,1H3. The molecule has 0 bridgehead atoms. The molecule has 0 unspecified atom stereocenters. The van der Waals surface area contributed by atoms with E-state index in [4.69, 9.17) is 4.74 Å². The van der Waals surface area contributed by atoms with Crippen LogP contribution < -0.4 is 14.4 Å². The van der Waals surface area contributed by atoms with Crippen LogP contribution in [0.1, 0.15) is 15.9 Å². The average molecular weight is 498 g/mol. The molecule has 4 rings (SSSR count). The van der Waals surface area contributed by atoms with Gasteiger partial charge in [-0.15, -0.1) is 0 Å². The summed E-state index contributed by atoms with van der Waals surface area (Å²) in [5.41, 5.74) is 2.16. The Morgan fingerprint density at radius 2 is 1.66 bits per heavy atom. The van der Waals surface area contributed by atoms with Crippen molar-refractivity contribution in [3.63, 3.8) is 0 Å². The quantitative estimate of drug-likeness (QED) is 0.517. The minimum Gasteiger partial charge on any atom is -0.495 e. The highest BCUT2D eigenvalue weighted by molar-refractivity contribution is 7.89. The van der Waals surface area contributed by atoms with Gasteiger partial charge < -0.3 is 14.5 Å². The molecule has 0 aromatic heterocycles. The molecule has 1 saturated heterocycles. The molecule has 3 aromatic carbocycles. The lowest BCUT2D eigenvalue weighted by Crippen LogP contribution is -2.49. The fraction of sp³-hybridized carbons (Fsp3) is 0.269. The summed E-state index contributed by atoms with van der Waals surface area (Å²) in [5.74, 6) is 0.224. The molecule has 1 aliphatic rings. The number of sulfonamides is 1. The molecule has 0 aliphatic carbocycles. The maximum absolute atomic E-state index is 13.1. The minimum absolute atomic E-state index is 0.0149. The van der Waals surface area contributed by atoms with Crippen LogP contribution in [-0.4, -0.2) is 59.1 Å². The predicted molar refractivity (Wildman–Crippen MR) is 133 cm³/mol. The number of methoxy groups -OCH3 is 1. The Bertz CT molecular complexity index is 1260. The van der Waals surface area contributed by atoms with E-state index in [1.807, 2.05) is 23.1 Å². The Kier molecular flexibility index (Phi) is 7.67. The lowest BCUT2D eigenvalue weighted by atomic mass is 10.1. The van der Waals surface area contributed by atoms with Crippen LogP contribution in [0.5, 0.6) is 5.75 Å². The largest absolute Gasteiger partial charge is 0.495 e. The van der Waals surface area contributed by atoms with Crippen molar-refractivity contribution in [1.82, 2.24) is 9.62 Å². The second-order valence-electron chi connectivity index (χ2n) is 8.25. The molecule has 1 heterocycles. The highest BCUT2D eigenvalue weighted by Crippen LogP contribution is 2.32. The highest BCUT2D eigenvalue weighted by Gasteiger charge is 2.25. The number of rotatable bonds is 8. The van der Waals surface area contributed by atoms with E-state index in [1.54, 1.807) is 48.4 Å². The summed E-state index contributed by atoms with van der Waals surface area (Å²) in [6, 6.07) is 19.9. The first-order chi connectivity index (χ1) is 16.9. The molecule has 1 amide bonds. The van der Waals surface area contributed by atoms with Gasteiger partial charge in [0.25, 0.3) is 5.91 Å². The number of hydrogen-bond acceptors (Lipinski definition) is 5. The van der Waals surface area contributed by atoms with E-state index in [1.165, 1.54) is 18.2 Å². The Balaban J connectivity index is 1.42. The SMILES string of the molecule is COc1ccc(S(=O)(=O)NCCc2ccc(F)cc2)cc1N1CCN(C(=O)c2ccccc2)CC1. The van der Waals surface area contributed by atoms with E-state index < -0.39 is 10.0 Å². The monoisotopic (exact) mass is 497 g/mol. The number of benzene rings is 3. The van der Waals surface area contributed by atoms with Crippen molar-refractivity contribution in [2.45, 2.75) is 11.3 Å². The van der Waals surface area contributed by atoms with Crippen molar-refractivity contribution in [2.75, 3.05) is 44.7 Å². The number of nitrogens with zero attached hydrogens (tertiary/aromatic N) is 2. The van der Waals surface area contributed by atoms with Gasteiger partial charge in [-0.3, -0.25) is 4.79 Å². The van der Waals surface area contributed by atoms with Crippen LogP contribution in [0, 0.1) is 5.82 Å². The molecule has 1 fully saturated rings. The van der Waals surface area contributed by atoms with Crippen molar-refractivity contribution in [2.24, 2.45) is 0 Å². The van der Waals surface area contributed by atoms with Gasteiger partial charge in [0.05, 0.1) is 17.7 Å². The number of nitrogens with one attached hydrogen (secondary N) is 1. The third-order valence-corrected chi connectivity index (χ3v) is 7.47. The molecule has 35 heavy (non-hydrogen) atoms. The summed E-state index contributed by atoms with van der Waals surface area (Å²) >= 11 is 0. The first-order valence-electron chi connectivity index (χ1n) is 11.4. The molecule has 184 valence electrons. The van der Waals surface area contributed by atoms with Crippen molar-refractivity contribution in [1.29, 1.82) is 0 Å². The number of halogens is 1. The number of anilines is 1. The molecule has 1 N–H and O–H groups in total. The summed E-state index contributed by atoms with van der Waals surface area (Å²) < 4.78 is 47.0. The third-order valence-electron chi connectivity index (χ3n) is 6.01. The summed E-state index contributed by atoms with van der Waals surface area (Å²) in [6.07, 6.45) is 0.444. The van der Waals surface area contributed by atoms with Crippen LogP contribution in [0.2, 0.25) is 0 Å². The van der Waals surface area contributed by atoms with E-state index in [0.717, 1.165) is 5.56 Å². The van der Waals surface area contributed by atoms with Crippen LogP contribution in [0.3, 0.4) is 0 Å². The van der Waals surface area contributed by atoms with Gasteiger partial charge in [0.15, 0.2) is 0 Å². The highest BCUT2D eigenvalue weighted by atomic mass is 32.2. The number of amides is 1. The van der Waals surface area contributed by atoms with Gasteiger partial charge in [-0.2, -0.15) is 0 Å². The zero-order chi connectivity index (χ0) is 24.8. The lowest BCUT2D eigenvalue weighted by molar-refractivity contribution is 0.0746. The zero-order valence-electron chi connectivity index (χ0n) is 19.5. The Labute approximate surface area is 205 Å². The number of piperazine rings is 1. The van der Waals surface area contributed by atoms with Crippen molar-refractivity contribution in [3.8, 4) is 5.75 Å². The summed E-state index contributed by atoms with van der Waals surface area (Å²) in [7, 11) is -2.21. The lowest BCUT2D eigenvalue weighted by Gasteiger charge is -2.36. The Morgan fingerprint density at radius 1 is 0.971 bits per heavy atom. The van der Waals surface area contributed by atoms with Gasteiger partial charge >= 0.3 is 0 Å². The van der Waals surface area contributed by atoms with Gasteiger partial charge in [-0.05, 0) is 54.4 Å². The molecule has 3 aromatic rings. The van der Waals surface area contributed by atoms with Crippen LogP contribution in [0.4, 0.5) is 10.1 Å². The number of hydrogen-bond donors (Lipinski definition) is 1. The molecule has 0 spiro atoms. The van der Waals surface area contributed by atoms with E-state index in [2.05, 4.69) is 4.72 Å². The fourth-order valence-corrected chi connectivity index (χ4v) is 5.11. The van der Waals surface area contributed by atoms with E-state index >= 15 is 0 Å². The van der Waals surface area contributed by atoms with Crippen molar-refractivity contribution in [3.05, 3.63) is 89.7 Å². The smallest absolute Gasteiger partial charge is 0.253 e. The van der Waals surface area contributed by atoms with E-state index in [9.17, 15) is 17.6 Å². The number of carbonyl (C=O) groups excluding carboxylic acids is 1. The summed E-state index contributed by atoms with van der Waals surface area (Å²) in [5, 5.41) is 0. The normalized spacial score (nSPS) is 14.1. The summed E-state index contributed by atoms with van der Waals surface area (Å²) in [6.45, 7) is 2.33. The summed E-state index contributed by atoms with van der Waals surface area (Å²) in [4.78, 5) is 16.7. The molecule has 9 heteroatoms. The molecular weight excluding hydrogens is 469 g/mol. The first-order valence-corrected chi connectivity index (χ1v) is 12.9. The van der Waals surface area contributed by atoms with Gasteiger partial charge in [0.1, 0.15) is 11.6 Å². The van der Waals surface area contributed by atoms with Crippen molar-refractivity contribution < 1.29 is 22.3 Å². The molecular formula is C26H28FN3O4S. The Morgan fingerprint density at radius 3 is 2.31 bits per heavy atom. The maximum Gasteiger partial charge on any atom is 0.253 e. The van der Waals surface area contributed by atoms with Crippen molar-refractivity contribution >= 4 is 21.6 Å². The minimum atomic E-state index is -3.76. The predicted octanol–water partition coefficient (Wildman–Crippen LogP) is 3.32.